The van der Waals surface area contributed by atoms with E-state index in [1.165, 1.54) is 10.0 Å². The molecule has 1 fully saturated rings. The summed E-state index contributed by atoms with van der Waals surface area (Å²) in [6.45, 7) is 2.64. The van der Waals surface area contributed by atoms with Crippen molar-refractivity contribution in [2.45, 2.75) is 32.2 Å². The van der Waals surface area contributed by atoms with Crippen molar-refractivity contribution in [3.8, 4) is 0 Å². The number of para-hydroxylation sites is 2. The Morgan fingerprint density at radius 2 is 1.31 bits per heavy atom. The summed E-state index contributed by atoms with van der Waals surface area (Å²) in [4.78, 5) is 25.9. The van der Waals surface area contributed by atoms with Gasteiger partial charge in [0.2, 0.25) is 6.04 Å². The molecule has 0 spiro atoms. The van der Waals surface area contributed by atoms with E-state index in [1.807, 2.05) is 36.4 Å². The van der Waals surface area contributed by atoms with Crippen LogP contribution in [0.5, 0.6) is 0 Å². The van der Waals surface area contributed by atoms with Crippen molar-refractivity contribution in [2.75, 3.05) is 16.6 Å². The van der Waals surface area contributed by atoms with Gasteiger partial charge in [0.1, 0.15) is 0 Å². The summed E-state index contributed by atoms with van der Waals surface area (Å²) in [5.41, 5.74) is 1.25. The maximum Gasteiger partial charge on any atom is 0.282 e. The summed E-state index contributed by atoms with van der Waals surface area (Å²) < 4.78 is 0. The van der Waals surface area contributed by atoms with Crippen LogP contribution in [0.3, 0.4) is 0 Å². The van der Waals surface area contributed by atoms with Gasteiger partial charge >= 0.3 is 0 Å². The molecule has 2 aromatic carbocycles. The first-order chi connectivity index (χ1) is 12.7. The maximum absolute atomic E-state index is 12.9. The first-order valence-corrected chi connectivity index (χ1v) is 8.88. The van der Waals surface area contributed by atoms with Gasteiger partial charge in [0.05, 0.1) is 17.9 Å². The maximum atomic E-state index is 12.9. The molecule has 0 aromatic heterocycles. The van der Waals surface area contributed by atoms with E-state index in [0.717, 1.165) is 19.3 Å². The smallest absolute Gasteiger partial charge is 0.269 e. The fourth-order valence-corrected chi connectivity index (χ4v) is 2.83. The van der Waals surface area contributed by atoms with Crippen LogP contribution in [0, 0.1) is 0 Å². The number of carbonyl (C=O) groups excluding carboxylic acids is 2. The van der Waals surface area contributed by atoms with Crippen molar-refractivity contribution in [3.63, 3.8) is 0 Å². The first-order valence-electron chi connectivity index (χ1n) is 8.88. The number of carbonyl (C=O) groups is 2. The minimum absolute atomic E-state index is 0.385. The topological polar surface area (TPSA) is 65.3 Å². The van der Waals surface area contributed by atoms with E-state index in [0.29, 0.717) is 17.9 Å². The average Bonchev–Trinajstić information content (AvgIpc) is 2.93. The largest absolute Gasteiger partial charge is 0.282 e. The van der Waals surface area contributed by atoms with Crippen molar-refractivity contribution in [1.82, 2.24) is 0 Å². The van der Waals surface area contributed by atoms with Crippen LogP contribution in [0.25, 0.3) is 0 Å². The number of rotatable bonds is 7. The lowest BCUT2D eigenvalue weighted by atomic mass is 10.2. The molecule has 3 rings (SSSR count). The Balaban J connectivity index is 1.90. The van der Waals surface area contributed by atoms with Crippen LogP contribution in [-0.4, -0.2) is 24.4 Å². The van der Waals surface area contributed by atoms with Crippen molar-refractivity contribution in [3.05, 3.63) is 60.7 Å². The predicted octanol–water partition coefficient (Wildman–Crippen LogP) is 3.99. The number of hydrogen-bond acceptors (Lipinski definition) is 4. The number of nitrogens with zero attached hydrogens (tertiary/aromatic N) is 4. The molecule has 0 radical (unpaired) electrons. The number of azo groups is 1. The fraction of sp³-hybridized carbons (Fsp3) is 0.300. The van der Waals surface area contributed by atoms with E-state index in [-0.39, 0.29) is 11.8 Å². The van der Waals surface area contributed by atoms with Crippen LogP contribution < -0.4 is 10.0 Å². The summed E-state index contributed by atoms with van der Waals surface area (Å²) in [6.07, 6.45) is 3.04. The second-order valence-electron chi connectivity index (χ2n) is 6.06. The molecule has 6 heteroatoms. The Labute approximate surface area is 153 Å². The normalized spacial score (nSPS) is 15.4. The standard InChI is InChI=1S/C20H22N4O2/c1-2-3-10-15-21-22-18-19(25)23(16-11-6-4-7-12-16)24(20(18)26)17-13-8-5-9-14-17/h4-9,11-14,18H,2-3,10,15H2,1H3. The highest BCUT2D eigenvalue weighted by Crippen LogP contribution is 2.30. The van der Waals surface area contributed by atoms with Gasteiger partial charge in [-0.15, -0.1) is 0 Å². The van der Waals surface area contributed by atoms with Gasteiger partial charge in [-0.3, -0.25) is 9.59 Å². The molecule has 2 amide bonds. The number of hydrogen-bond donors (Lipinski definition) is 0. The van der Waals surface area contributed by atoms with E-state index in [9.17, 15) is 9.59 Å². The highest BCUT2D eigenvalue weighted by Gasteiger charge is 2.47. The van der Waals surface area contributed by atoms with Gasteiger partial charge in [0, 0.05) is 0 Å². The van der Waals surface area contributed by atoms with E-state index in [4.69, 9.17) is 0 Å². The van der Waals surface area contributed by atoms with Crippen LogP contribution in [0.15, 0.2) is 70.9 Å². The Morgan fingerprint density at radius 3 is 1.77 bits per heavy atom. The molecule has 0 saturated carbocycles. The molecule has 0 unspecified atom stereocenters. The minimum atomic E-state index is -1.13. The highest BCUT2D eigenvalue weighted by atomic mass is 16.2. The Hall–Kier alpha value is -3.02. The fourth-order valence-electron chi connectivity index (χ4n) is 2.83. The van der Waals surface area contributed by atoms with E-state index in [2.05, 4.69) is 17.2 Å². The molecule has 0 bridgehead atoms. The number of benzene rings is 2. The zero-order chi connectivity index (χ0) is 18.4. The van der Waals surface area contributed by atoms with Crippen LogP contribution in [0.2, 0.25) is 0 Å². The van der Waals surface area contributed by atoms with Crippen molar-refractivity contribution in [1.29, 1.82) is 0 Å². The molecule has 0 aliphatic carbocycles. The molecule has 6 nitrogen and oxygen atoms in total. The molecule has 0 N–H and O–H groups in total. The van der Waals surface area contributed by atoms with Gasteiger partial charge in [-0.2, -0.15) is 10.2 Å². The van der Waals surface area contributed by atoms with Gasteiger partial charge in [-0.05, 0) is 30.7 Å². The zero-order valence-electron chi connectivity index (χ0n) is 14.8. The number of anilines is 2. The zero-order valence-corrected chi connectivity index (χ0v) is 14.8. The summed E-state index contributed by atoms with van der Waals surface area (Å²) in [6, 6.07) is 17.1. The molecule has 1 aliphatic heterocycles. The third kappa shape index (κ3) is 3.64. The van der Waals surface area contributed by atoms with E-state index >= 15 is 0 Å². The summed E-state index contributed by atoms with van der Waals surface area (Å²) >= 11 is 0. The lowest BCUT2D eigenvalue weighted by Crippen LogP contribution is -2.41. The van der Waals surface area contributed by atoms with Crippen LogP contribution >= 0.6 is 0 Å². The Morgan fingerprint density at radius 1 is 0.808 bits per heavy atom. The van der Waals surface area contributed by atoms with Gasteiger partial charge in [-0.25, -0.2) is 10.0 Å². The first kappa shape index (κ1) is 17.8. The molecule has 1 aliphatic rings. The SMILES string of the molecule is CCCCCN=NC1C(=O)N(c2ccccc2)N(c2ccccc2)C1=O. The van der Waals surface area contributed by atoms with Gasteiger partial charge < -0.3 is 0 Å². The average molecular weight is 350 g/mol. The van der Waals surface area contributed by atoms with Crippen molar-refractivity contribution < 1.29 is 9.59 Å². The summed E-state index contributed by atoms with van der Waals surface area (Å²) in [7, 11) is 0. The monoisotopic (exact) mass is 350 g/mol. The molecule has 1 heterocycles. The van der Waals surface area contributed by atoms with Crippen LogP contribution in [0.1, 0.15) is 26.2 Å². The summed E-state index contributed by atoms with van der Waals surface area (Å²) in [5, 5.41) is 10.9. The lowest BCUT2D eigenvalue weighted by molar-refractivity contribution is -0.123. The van der Waals surface area contributed by atoms with Gasteiger partial charge in [0.25, 0.3) is 11.8 Å². The van der Waals surface area contributed by atoms with Crippen LogP contribution in [0.4, 0.5) is 11.4 Å². The third-order valence-corrected chi connectivity index (χ3v) is 4.15. The van der Waals surface area contributed by atoms with Crippen LogP contribution in [-0.2, 0) is 9.59 Å². The minimum Gasteiger partial charge on any atom is -0.269 e. The van der Waals surface area contributed by atoms with Gasteiger partial charge in [0.15, 0.2) is 0 Å². The molecular formula is C20H22N4O2. The summed E-state index contributed by atoms with van der Waals surface area (Å²) in [5.74, 6) is -0.770. The van der Waals surface area contributed by atoms with Crippen molar-refractivity contribution in [2.24, 2.45) is 10.2 Å². The second kappa shape index (κ2) is 8.38. The third-order valence-electron chi connectivity index (χ3n) is 4.15. The molecule has 0 atom stereocenters. The van der Waals surface area contributed by atoms with E-state index in [1.54, 1.807) is 24.3 Å². The Kier molecular flexibility index (Phi) is 5.73. The second-order valence-corrected chi connectivity index (χ2v) is 6.06. The number of amides is 2. The number of unbranched alkanes of at least 4 members (excludes halogenated alkanes) is 2. The highest BCUT2D eigenvalue weighted by molar-refractivity contribution is 6.25. The molecule has 2 aromatic rings. The molecule has 26 heavy (non-hydrogen) atoms. The van der Waals surface area contributed by atoms with E-state index < -0.39 is 6.04 Å². The molecule has 1 saturated heterocycles. The van der Waals surface area contributed by atoms with Crippen molar-refractivity contribution >= 4 is 23.2 Å². The van der Waals surface area contributed by atoms with Gasteiger partial charge in [-0.1, -0.05) is 56.2 Å². The predicted molar refractivity (Wildman–Crippen MR) is 101 cm³/mol. The lowest BCUT2D eigenvalue weighted by Gasteiger charge is -2.27. The Bertz CT molecular complexity index is 719. The number of hydrazine groups is 1. The molecule has 134 valence electrons. The quantitative estimate of drug-likeness (QED) is 0.430. The molecular weight excluding hydrogens is 328 g/mol.